The third-order valence-corrected chi connectivity index (χ3v) is 3.71. The largest absolute Gasteiger partial charge is 0.307 e. The van der Waals surface area contributed by atoms with Crippen molar-refractivity contribution in [2.24, 2.45) is 7.05 Å². The number of nitrogens with zero attached hydrogens (tertiary/aromatic N) is 4. The van der Waals surface area contributed by atoms with Crippen LogP contribution in [0.1, 0.15) is 55.8 Å². The molecule has 0 fully saturated rings. The van der Waals surface area contributed by atoms with Gasteiger partial charge in [0.25, 0.3) is 0 Å². The van der Waals surface area contributed by atoms with Gasteiger partial charge >= 0.3 is 0 Å². The third-order valence-electron chi connectivity index (χ3n) is 3.71. The first-order valence-corrected chi connectivity index (χ1v) is 7.77. The Morgan fingerprint density at radius 2 is 2.00 bits per heavy atom. The number of hydrogen-bond donors (Lipinski definition) is 1. The van der Waals surface area contributed by atoms with Crippen molar-refractivity contribution in [1.29, 1.82) is 0 Å². The summed E-state index contributed by atoms with van der Waals surface area (Å²) in [6.45, 7) is 11.2. The number of aryl methyl sites for hydroxylation is 3. The van der Waals surface area contributed by atoms with Crippen LogP contribution in [0.25, 0.3) is 0 Å². The molecule has 0 amide bonds. The number of hydrogen-bond acceptors (Lipinski definition) is 3. The minimum Gasteiger partial charge on any atom is -0.307 e. The van der Waals surface area contributed by atoms with Crippen LogP contribution in [0.4, 0.5) is 0 Å². The summed E-state index contributed by atoms with van der Waals surface area (Å²) < 4.78 is 4.00. The van der Waals surface area contributed by atoms with Crippen molar-refractivity contribution in [2.75, 3.05) is 0 Å². The summed E-state index contributed by atoms with van der Waals surface area (Å²) >= 11 is 0. The molecule has 0 bridgehead atoms. The third kappa shape index (κ3) is 3.94. The van der Waals surface area contributed by atoms with Crippen molar-refractivity contribution in [1.82, 2.24) is 24.9 Å². The molecule has 2 rings (SSSR count). The molecule has 0 aromatic carbocycles. The van der Waals surface area contributed by atoms with Crippen LogP contribution in [-0.4, -0.2) is 19.6 Å². The normalized spacial score (nSPS) is 11.5. The van der Waals surface area contributed by atoms with E-state index in [2.05, 4.69) is 55.5 Å². The monoisotopic (exact) mass is 289 g/mol. The predicted molar refractivity (Wildman–Crippen MR) is 85.1 cm³/mol. The van der Waals surface area contributed by atoms with Crippen molar-refractivity contribution >= 4 is 0 Å². The maximum absolute atomic E-state index is 4.54. The topological polar surface area (TPSA) is 47.7 Å². The highest BCUT2D eigenvalue weighted by molar-refractivity contribution is 5.16. The molecule has 116 valence electrons. The van der Waals surface area contributed by atoms with Gasteiger partial charge in [-0.3, -0.25) is 9.36 Å². The van der Waals surface area contributed by atoms with Crippen molar-refractivity contribution in [3.63, 3.8) is 0 Å². The van der Waals surface area contributed by atoms with Crippen LogP contribution >= 0.6 is 0 Å². The second-order valence-corrected chi connectivity index (χ2v) is 5.95. The summed E-state index contributed by atoms with van der Waals surface area (Å²) in [5, 5.41) is 12.6. The Balaban J connectivity index is 1.92. The van der Waals surface area contributed by atoms with Crippen LogP contribution < -0.4 is 5.32 Å². The molecule has 0 aliphatic carbocycles. The average molecular weight is 289 g/mol. The summed E-state index contributed by atoms with van der Waals surface area (Å²) in [6, 6.07) is 2.19. The minimum absolute atomic E-state index is 0.472. The zero-order chi connectivity index (χ0) is 15.4. The van der Waals surface area contributed by atoms with E-state index in [-0.39, 0.29) is 0 Å². The second-order valence-electron chi connectivity index (χ2n) is 5.95. The molecule has 2 heterocycles. The Hall–Kier alpha value is -1.62. The Kier molecular flexibility index (Phi) is 5.17. The van der Waals surface area contributed by atoms with Crippen LogP contribution in [0.2, 0.25) is 0 Å². The van der Waals surface area contributed by atoms with Gasteiger partial charge in [-0.1, -0.05) is 20.8 Å². The zero-order valence-corrected chi connectivity index (χ0v) is 13.8. The van der Waals surface area contributed by atoms with Crippen molar-refractivity contribution in [2.45, 2.75) is 59.7 Å². The minimum atomic E-state index is 0.472. The smallest absolute Gasteiger partial charge is 0.0653 e. The van der Waals surface area contributed by atoms with Gasteiger partial charge in [-0.25, -0.2) is 0 Å². The van der Waals surface area contributed by atoms with Crippen molar-refractivity contribution in [3.8, 4) is 0 Å². The van der Waals surface area contributed by atoms with E-state index in [1.54, 1.807) is 0 Å². The lowest BCUT2D eigenvalue weighted by Gasteiger charge is -2.04. The maximum Gasteiger partial charge on any atom is 0.0653 e. The molecule has 5 nitrogen and oxygen atoms in total. The molecule has 2 aromatic heterocycles. The number of nitrogens with one attached hydrogen (secondary N) is 1. The van der Waals surface area contributed by atoms with E-state index in [1.807, 2.05) is 16.4 Å². The Morgan fingerprint density at radius 3 is 2.62 bits per heavy atom. The van der Waals surface area contributed by atoms with Crippen LogP contribution in [0.5, 0.6) is 0 Å². The van der Waals surface area contributed by atoms with Crippen LogP contribution in [0.15, 0.2) is 12.3 Å². The second kappa shape index (κ2) is 6.89. The first kappa shape index (κ1) is 15.8. The van der Waals surface area contributed by atoms with Gasteiger partial charge in [0.15, 0.2) is 0 Å². The Bertz CT molecular complexity index is 580. The Labute approximate surface area is 127 Å². The quantitative estimate of drug-likeness (QED) is 0.852. The van der Waals surface area contributed by atoms with Crippen LogP contribution in [0.3, 0.4) is 0 Å². The van der Waals surface area contributed by atoms with Gasteiger partial charge < -0.3 is 5.32 Å². The van der Waals surface area contributed by atoms with E-state index in [4.69, 9.17) is 0 Å². The summed E-state index contributed by atoms with van der Waals surface area (Å²) in [4.78, 5) is 0. The zero-order valence-electron chi connectivity index (χ0n) is 13.8. The van der Waals surface area contributed by atoms with Gasteiger partial charge in [-0.05, 0) is 25.3 Å². The predicted octanol–water partition coefficient (Wildman–Crippen LogP) is 2.75. The lowest BCUT2D eigenvalue weighted by atomic mass is 10.1. The SMILES string of the molecule is CCCn1cc(CNCc2cc(C(C)C)nn2C)c(C)n1. The molecule has 21 heavy (non-hydrogen) atoms. The highest BCUT2D eigenvalue weighted by Gasteiger charge is 2.09. The molecule has 1 N–H and O–H groups in total. The van der Waals surface area contributed by atoms with E-state index >= 15 is 0 Å². The number of rotatable bonds is 7. The lowest BCUT2D eigenvalue weighted by molar-refractivity contribution is 0.596. The molecule has 0 unspecified atom stereocenters. The molecule has 0 aliphatic rings. The molecular weight excluding hydrogens is 262 g/mol. The highest BCUT2D eigenvalue weighted by Crippen LogP contribution is 2.14. The molecular formula is C16H27N5. The standard InChI is InChI=1S/C16H27N5/c1-6-7-21-11-14(13(4)18-21)9-17-10-15-8-16(12(2)3)19-20(15)5/h8,11-12,17H,6-7,9-10H2,1-5H3. The molecule has 0 saturated heterocycles. The van der Waals surface area contributed by atoms with E-state index in [0.29, 0.717) is 5.92 Å². The fraction of sp³-hybridized carbons (Fsp3) is 0.625. The summed E-state index contributed by atoms with van der Waals surface area (Å²) in [7, 11) is 2.01. The summed E-state index contributed by atoms with van der Waals surface area (Å²) in [6.07, 6.45) is 3.26. The van der Waals surface area contributed by atoms with Gasteiger partial charge in [0, 0.05) is 38.4 Å². The average Bonchev–Trinajstić information content (AvgIpc) is 2.95. The van der Waals surface area contributed by atoms with E-state index in [9.17, 15) is 0 Å². The van der Waals surface area contributed by atoms with Crippen LogP contribution in [0, 0.1) is 6.92 Å². The molecule has 0 spiro atoms. The molecule has 0 atom stereocenters. The fourth-order valence-electron chi connectivity index (χ4n) is 2.38. The van der Waals surface area contributed by atoms with Gasteiger partial charge in [0.05, 0.1) is 17.1 Å². The van der Waals surface area contributed by atoms with Gasteiger partial charge in [0.2, 0.25) is 0 Å². The lowest BCUT2D eigenvalue weighted by Crippen LogP contribution is -2.15. The number of aromatic nitrogens is 4. The van der Waals surface area contributed by atoms with Gasteiger partial charge in [-0.2, -0.15) is 10.2 Å². The van der Waals surface area contributed by atoms with E-state index < -0.39 is 0 Å². The van der Waals surface area contributed by atoms with Gasteiger partial charge in [-0.15, -0.1) is 0 Å². The highest BCUT2D eigenvalue weighted by atomic mass is 15.3. The van der Waals surface area contributed by atoms with E-state index in [1.165, 1.54) is 11.3 Å². The fourth-order valence-corrected chi connectivity index (χ4v) is 2.38. The van der Waals surface area contributed by atoms with Gasteiger partial charge in [0.1, 0.15) is 0 Å². The molecule has 0 radical (unpaired) electrons. The summed E-state index contributed by atoms with van der Waals surface area (Å²) in [5.41, 5.74) is 4.76. The van der Waals surface area contributed by atoms with Crippen molar-refractivity contribution in [3.05, 3.63) is 34.9 Å². The maximum atomic E-state index is 4.54. The van der Waals surface area contributed by atoms with Crippen molar-refractivity contribution < 1.29 is 0 Å². The summed E-state index contributed by atoms with van der Waals surface area (Å²) in [5.74, 6) is 0.472. The van der Waals surface area contributed by atoms with Crippen LogP contribution in [-0.2, 0) is 26.7 Å². The molecule has 0 saturated carbocycles. The Morgan fingerprint density at radius 1 is 1.24 bits per heavy atom. The molecule has 5 heteroatoms. The molecule has 2 aromatic rings. The molecule has 0 aliphatic heterocycles. The first-order valence-electron chi connectivity index (χ1n) is 7.77. The first-order chi connectivity index (χ1) is 10.0. The van der Waals surface area contributed by atoms with E-state index in [0.717, 1.165) is 37.4 Å².